The number of unbranched alkanes of at least 4 members (excludes halogenated alkanes) is 4. The minimum atomic E-state index is -1.26. The zero-order valence-electron chi connectivity index (χ0n) is 29.3. The van der Waals surface area contributed by atoms with Crippen LogP contribution in [0.1, 0.15) is 79.4 Å². The molecule has 2 aliphatic heterocycles. The number of hydrogen-bond acceptors (Lipinski definition) is 6. The van der Waals surface area contributed by atoms with Gasteiger partial charge in [0.15, 0.2) is 5.60 Å². The van der Waals surface area contributed by atoms with Gasteiger partial charge in [0, 0.05) is 69.0 Å². The first-order chi connectivity index (χ1) is 24.9. The van der Waals surface area contributed by atoms with Crippen LogP contribution in [0.4, 0.5) is 22.7 Å². The van der Waals surface area contributed by atoms with Crippen molar-refractivity contribution in [1.29, 1.82) is 0 Å². The second-order valence-corrected chi connectivity index (χ2v) is 14.0. The predicted octanol–water partition coefficient (Wildman–Crippen LogP) is 12.2. The van der Waals surface area contributed by atoms with Gasteiger partial charge in [-0.2, -0.15) is 0 Å². The van der Waals surface area contributed by atoms with Gasteiger partial charge in [-0.1, -0.05) is 93.1 Å². The topological polar surface area (TPSA) is 51.2 Å². The quantitative estimate of drug-likeness (QED) is 0.0891. The van der Waals surface area contributed by atoms with E-state index in [0.29, 0.717) is 44.1 Å². The normalized spacial score (nSPS) is 15.4. The molecule has 8 heteroatoms. The Hall–Kier alpha value is -4.65. The molecule has 0 fully saturated rings. The molecule has 1 unspecified atom stereocenters. The maximum atomic E-state index is 13.8. The summed E-state index contributed by atoms with van der Waals surface area (Å²) in [6.45, 7) is 6.40. The van der Waals surface area contributed by atoms with E-state index in [1.165, 1.54) is 12.8 Å². The Kier molecular flexibility index (Phi) is 10.2. The minimum absolute atomic E-state index is 0.381. The predicted molar refractivity (Wildman–Crippen MR) is 207 cm³/mol. The molecule has 262 valence electrons. The average molecular weight is 722 g/mol. The molecule has 2 heterocycles. The third-order valence-electron chi connectivity index (χ3n) is 9.80. The molecule has 0 saturated carbocycles. The van der Waals surface area contributed by atoms with Gasteiger partial charge in [0.2, 0.25) is 0 Å². The van der Waals surface area contributed by atoms with Gasteiger partial charge in [-0.05, 0) is 73.5 Å². The Balaban J connectivity index is 1.44. The van der Waals surface area contributed by atoms with Gasteiger partial charge in [-0.15, -0.1) is 0 Å². The van der Waals surface area contributed by atoms with E-state index in [9.17, 15) is 4.79 Å². The highest BCUT2D eigenvalue weighted by atomic mass is 35.5. The van der Waals surface area contributed by atoms with Gasteiger partial charge in [-0.25, -0.2) is 4.79 Å². The zero-order chi connectivity index (χ0) is 35.5. The summed E-state index contributed by atoms with van der Waals surface area (Å²) in [5.74, 6) is 1.37. The first-order valence-electron chi connectivity index (χ1n) is 17.8. The van der Waals surface area contributed by atoms with E-state index in [-0.39, 0.29) is 5.97 Å². The van der Waals surface area contributed by atoms with Crippen molar-refractivity contribution in [3.63, 3.8) is 0 Å². The lowest BCUT2D eigenvalue weighted by Crippen LogP contribution is -2.34. The van der Waals surface area contributed by atoms with Crippen LogP contribution < -0.4 is 19.3 Å². The van der Waals surface area contributed by atoms with Crippen molar-refractivity contribution in [2.75, 3.05) is 30.0 Å². The molecule has 0 bridgehead atoms. The van der Waals surface area contributed by atoms with Gasteiger partial charge < -0.3 is 24.0 Å². The van der Waals surface area contributed by atoms with Crippen LogP contribution in [-0.2, 0) is 10.3 Å². The van der Waals surface area contributed by atoms with E-state index >= 15 is 0 Å². The second kappa shape index (κ2) is 14.9. The van der Waals surface area contributed by atoms with Crippen molar-refractivity contribution in [2.24, 2.45) is 0 Å². The highest BCUT2D eigenvalue weighted by Crippen LogP contribution is 2.59. The van der Waals surface area contributed by atoms with Crippen molar-refractivity contribution >= 4 is 51.9 Å². The molecule has 0 aromatic heterocycles. The van der Waals surface area contributed by atoms with Crippen molar-refractivity contribution in [1.82, 2.24) is 0 Å². The van der Waals surface area contributed by atoms with Crippen LogP contribution >= 0.6 is 23.2 Å². The number of nitrogens with zero attached hydrogens (tertiary/aromatic N) is 2. The van der Waals surface area contributed by atoms with Crippen molar-refractivity contribution in [3.8, 4) is 17.2 Å². The molecular formula is C43H42Cl2N2O4. The van der Waals surface area contributed by atoms with Crippen LogP contribution in [0.3, 0.4) is 0 Å². The van der Waals surface area contributed by atoms with Gasteiger partial charge in [-0.3, -0.25) is 0 Å². The van der Waals surface area contributed by atoms with Crippen LogP contribution in [0.25, 0.3) is 0 Å². The van der Waals surface area contributed by atoms with E-state index in [1.54, 1.807) is 7.11 Å². The van der Waals surface area contributed by atoms with Crippen LogP contribution in [0.5, 0.6) is 17.2 Å². The van der Waals surface area contributed by atoms with E-state index in [2.05, 4.69) is 36.9 Å². The van der Waals surface area contributed by atoms with Gasteiger partial charge in [0.1, 0.15) is 17.2 Å². The van der Waals surface area contributed by atoms with E-state index < -0.39 is 5.60 Å². The molecule has 0 N–H and O–H groups in total. The number of ether oxygens (including phenoxy) is 3. The molecule has 1 spiro atoms. The number of carbonyl (C=O) groups excluding carboxylic acids is 1. The van der Waals surface area contributed by atoms with Gasteiger partial charge >= 0.3 is 5.97 Å². The lowest BCUT2D eigenvalue weighted by molar-refractivity contribution is 0.0224. The fourth-order valence-corrected chi connectivity index (χ4v) is 7.71. The smallest absolute Gasteiger partial charge is 0.340 e. The monoisotopic (exact) mass is 720 g/mol. The summed E-state index contributed by atoms with van der Waals surface area (Å²) in [4.78, 5) is 18.3. The van der Waals surface area contributed by atoms with Crippen LogP contribution in [-0.4, -0.2) is 26.2 Å². The van der Waals surface area contributed by atoms with Crippen molar-refractivity contribution < 1.29 is 19.0 Å². The Morgan fingerprint density at radius 1 is 0.667 bits per heavy atom. The summed E-state index contributed by atoms with van der Waals surface area (Å²) in [5, 5.41) is 1.16. The number of benzene rings is 5. The van der Waals surface area contributed by atoms with Crippen LogP contribution in [0, 0.1) is 0 Å². The molecule has 7 rings (SSSR count). The average Bonchev–Trinajstić information content (AvgIpc) is 3.43. The lowest BCUT2D eigenvalue weighted by Gasteiger charge is -2.38. The van der Waals surface area contributed by atoms with Crippen LogP contribution in [0.15, 0.2) is 103 Å². The standard InChI is InChI=1S/C43H42Cl2N2O4/c1-4-6-10-22-46(23-11-7-5-2)31-20-21-36-39(26-31)50-40-28-41(49-3)38(27-37(40)43(36)35-19-9-8-18-34(35)42(48)51-43)47(32-16-12-14-29(44)24-32)33-17-13-15-30(45)25-33/h8-9,12-21,24-28H,4-7,10-11,22-23H2,1-3H3. The summed E-state index contributed by atoms with van der Waals surface area (Å²) >= 11 is 13.1. The molecule has 2 aliphatic rings. The molecule has 0 saturated heterocycles. The zero-order valence-corrected chi connectivity index (χ0v) is 30.8. The van der Waals surface area contributed by atoms with E-state index in [1.807, 2.05) is 89.8 Å². The third-order valence-corrected chi connectivity index (χ3v) is 10.3. The number of rotatable bonds is 13. The number of carbonyl (C=O) groups is 1. The number of halogens is 2. The number of hydrogen-bond donors (Lipinski definition) is 0. The summed E-state index contributed by atoms with van der Waals surface area (Å²) in [7, 11) is 1.64. The highest BCUT2D eigenvalue weighted by Gasteiger charge is 2.54. The minimum Gasteiger partial charge on any atom is -0.494 e. The number of fused-ring (bicyclic) bond motifs is 6. The summed E-state index contributed by atoms with van der Waals surface area (Å²) in [6, 6.07) is 33.1. The largest absolute Gasteiger partial charge is 0.494 e. The Morgan fingerprint density at radius 3 is 1.94 bits per heavy atom. The first kappa shape index (κ1) is 34.8. The maximum absolute atomic E-state index is 13.8. The summed E-state index contributed by atoms with van der Waals surface area (Å²) in [6.07, 6.45) is 6.92. The highest BCUT2D eigenvalue weighted by molar-refractivity contribution is 6.31. The maximum Gasteiger partial charge on any atom is 0.340 e. The first-order valence-corrected chi connectivity index (χ1v) is 18.6. The molecular weight excluding hydrogens is 679 g/mol. The Morgan fingerprint density at radius 2 is 1.31 bits per heavy atom. The molecule has 1 atom stereocenters. The second-order valence-electron chi connectivity index (χ2n) is 13.1. The van der Waals surface area contributed by atoms with Gasteiger partial charge in [0.05, 0.1) is 18.4 Å². The third kappa shape index (κ3) is 6.52. The van der Waals surface area contributed by atoms with Gasteiger partial charge in [0.25, 0.3) is 0 Å². The number of anilines is 4. The molecule has 0 amide bonds. The fourth-order valence-electron chi connectivity index (χ4n) is 7.34. The van der Waals surface area contributed by atoms with Crippen LogP contribution in [0.2, 0.25) is 10.0 Å². The Labute approximate surface area is 310 Å². The van der Waals surface area contributed by atoms with Crippen molar-refractivity contribution in [2.45, 2.75) is 58.0 Å². The molecule has 5 aromatic rings. The molecule has 6 nitrogen and oxygen atoms in total. The molecule has 5 aromatic carbocycles. The molecule has 0 aliphatic carbocycles. The fraction of sp³-hybridized carbons (Fsp3) is 0.279. The number of methoxy groups -OCH3 is 1. The van der Waals surface area contributed by atoms with E-state index in [4.69, 9.17) is 37.4 Å². The summed E-state index contributed by atoms with van der Waals surface area (Å²) in [5.41, 5.74) is 4.88. The molecule has 51 heavy (non-hydrogen) atoms. The SMILES string of the molecule is CCCCCN(CCCCC)c1ccc2c(c1)Oc1cc(OC)c(N(c3cccc(Cl)c3)c3cccc(Cl)c3)cc1C21OC(=O)c2ccccc21. The summed E-state index contributed by atoms with van der Waals surface area (Å²) < 4.78 is 19.5. The van der Waals surface area contributed by atoms with E-state index in [0.717, 1.165) is 67.0 Å². The lowest BCUT2D eigenvalue weighted by atomic mass is 9.77. The number of esters is 1. The molecule has 0 radical (unpaired) electrons. The van der Waals surface area contributed by atoms with Crippen molar-refractivity contribution in [3.05, 3.63) is 135 Å². The Bertz CT molecular complexity index is 2010.